The van der Waals surface area contributed by atoms with E-state index in [9.17, 15) is 22.8 Å². The first kappa shape index (κ1) is 18.7. The predicted octanol–water partition coefficient (Wildman–Crippen LogP) is 6.10. The normalized spacial score (nSPS) is 17.0. The molecule has 0 unspecified atom stereocenters. The highest BCUT2D eigenvalue weighted by Gasteiger charge is 2.39. The lowest BCUT2D eigenvalue weighted by molar-refractivity contribution is -0.137. The molecule has 0 spiro atoms. The van der Waals surface area contributed by atoms with E-state index >= 15 is 0 Å². The number of benzene rings is 2. The van der Waals surface area contributed by atoms with Gasteiger partial charge in [0, 0.05) is 4.47 Å². The highest BCUT2D eigenvalue weighted by atomic mass is 79.9. The van der Waals surface area contributed by atoms with Crippen molar-refractivity contribution in [1.82, 2.24) is 0 Å². The van der Waals surface area contributed by atoms with Gasteiger partial charge in [0.05, 0.1) is 16.2 Å². The van der Waals surface area contributed by atoms with Crippen molar-refractivity contribution in [2.24, 2.45) is 0 Å². The van der Waals surface area contributed by atoms with Crippen LogP contribution in [0.5, 0.6) is 0 Å². The molecule has 1 heterocycles. The van der Waals surface area contributed by atoms with Gasteiger partial charge in [-0.2, -0.15) is 13.2 Å². The number of halogens is 4. The summed E-state index contributed by atoms with van der Waals surface area (Å²) in [6.07, 6.45) is -4.55. The number of allylic oxidation sites excluding steroid dienone is 1. The van der Waals surface area contributed by atoms with E-state index in [2.05, 4.69) is 15.9 Å². The average Bonchev–Trinajstić information content (AvgIpc) is 2.89. The quantitative estimate of drug-likeness (QED) is 0.528. The Labute approximate surface area is 160 Å². The van der Waals surface area contributed by atoms with Crippen molar-refractivity contribution >= 4 is 50.1 Å². The van der Waals surface area contributed by atoms with Crippen molar-refractivity contribution in [3.8, 4) is 0 Å². The minimum atomic E-state index is -4.55. The zero-order valence-electron chi connectivity index (χ0n) is 13.3. The van der Waals surface area contributed by atoms with Gasteiger partial charge in [0.2, 0.25) is 0 Å². The van der Waals surface area contributed by atoms with Gasteiger partial charge in [0.1, 0.15) is 0 Å². The van der Waals surface area contributed by atoms with Crippen molar-refractivity contribution in [1.29, 1.82) is 0 Å². The number of rotatable bonds is 2. The number of carbonyl (C=O) groups excluding carboxylic acids is 2. The van der Waals surface area contributed by atoms with Gasteiger partial charge >= 0.3 is 6.18 Å². The van der Waals surface area contributed by atoms with Gasteiger partial charge in [-0.15, -0.1) is 0 Å². The van der Waals surface area contributed by atoms with Crippen LogP contribution in [0.1, 0.15) is 18.1 Å². The highest BCUT2D eigenvalue weighted by molar-refractivity contribution is 9.10. The third-order valence-corrected chi connectivity index (χ3v) is 5.39. The number of thioether (sulfide) groups is 1. The summed E-state index contributed by atoms with van der Waals surface area (Å²) in [6.45, 7) is 1.70. The van der Waals surface area contributed by atoms with Crippen LogP contribution in [-0.2, 0) is 11.0 Å². The van der Waals surface area contributed by atoms with Crippen LogP contribution in [0.2, 0.25) is 0 Å². The molecule has 0 bridgehead atoms. The van der Waals surface area contributed by atoms with E-state index in [-0.39, 0.29) is 10.6 Å². The fourth-order valence-electron chi connectivity index (χ4n) is 2.47. The lowest BCUT2D eigenvalue weighted by atomic mass is 10.1. The van der Waals surface area contributed by atoms with Crippen LogP contribution in [0.15, 0.2) is 57.9 Å². The molecule has 0 atom stereocenters. The Morgan fingerprint density at radius 3 is 2.35 bits per heavy atom. The Balaban J connectivity index is 2.00. The molecule has 3 rings (SSSR count). The molecular formula is C18H11BrF3NO2S. The Morgan fingerprint density at radius 2 is 1.73 bits per heavy atom. The second kappa shape index (κ2) is 6.92. The van der Waals surface area contributed by atoms with E-state index < -0.39 is 22.9 Å². The maximum absolute atomic E-state index is 12.9. The molecule has 1 fully saturated rings. The van der Waals surface area contributed by atoms with Crippen LogP contribution >= 0.6 is 27.7 Å². The maximum Gasteiger partial charge on any atom is 0.416 e. The summed E-state index contributed by atoms with van der Waals surface area (Å²) in [4.78, 5) is 26.0. The Kier molecular flexibility index (Phi) is 4.98. The first-order chi connectivity index (χ1) is 12.2. The predicted molar refractivity (Wildman–Crippen MR) is 98.7 cm³/mol. The third-order valence-electron chi connectivity index (χ3n) is 3.82. The van der Waals surface area contributed by atoms with Crippen molar-refractivity contribution in [3.05, 3.63) is 69.0 Å². The monoisotopic (exact) mass is 441 g/mol. The molecule has 3 nitrogen and oxygen atoms in total. The Hall–Kier alpha value is -2.06. The van der Waals surface area contributed by atoms with Gasteiger partial charge in [-0.25, -0.2) is 4.90 Å². The van der Waals surface area contributed by atoms with Crippen molar-refractivity contribution in [3.63, 3.8) is 0 Å². The Morgan fingerprint density at radius 1 is 1.08 bits per heavy atom. The summed E-state index contributed by atoms with van der Waals surface area (Å²) in [7, 11) is 0. The molecule has 1 saturated heterocycles. The number of amides is 2. The molecule has 2 amide bonds. The smallest absolute Gasteiger partial charge is 0.268 e. The SMILES string of the molecule is C/C(=C1/SC(=O)N(c2cccc(C(F)(F)F)c2)C1=O)c1ccc(Br)cc1. The molecule has 8 heteroatoms. The van der Waals surface area contributed by atoms with Crippen molar-refractivity contribution < 1.29 is 22.8 Å². The summed E-state index contributed by atoms with van der Waals surface area (Å²) < 4.78 is 39.6. The van der Waals surface area contributed by atoms with Gasteiger partial charge in [-0.1, -0.05) is 34.1 Å². The van der Waals surface area contributed by atoms with E-state index in [1.54, 1.807) is 31.2 Å². The highest BCUT2D eigenvalue weighted by Crippen LogP contribution is 2.40. The van der Waals surface area contributed by atoms with E-state index in [1.807, 2.05) is 0 Å². The van der Waals surface area contributed by atoms with Gasteiger partial charge in [-0.3, -0.25) is 9.59 Å². The van der Waals surface area contributed by atoms with Crippen LogP contribution in [0.25, 0.3) is 5.57 Å². The van der Waals surface area contributed by atoms with Crippen molar-refractivity contribution in [2.45, 2.75) is 13.1 Å². The summed E-state index contributed by atoms with van der Waals surface area (Å²) >= 11 is 4.04. The molecule has 0 radical (unpaired) electrons. The van der Waals surface area contributed by atoms with Crippen LogP contribution in [0.3, 0.4) is 0 Å². The fourth-order valence-corrected chi connectivity index (χ4v) is 3.64. The molecule has 0 aromatic heterocycles. The average molecular weight is 442 g/mol. The molecule has 2 aromatic rings. The minimum absolute atomic E-state index is 0.0964. The van der Waals surface area contributed by atoms with E-state index in [0.29, 0.717) is 5.57 Å². The van der Waals surface area contributed by atoms with Gasteiger partial charge < -0.3 is 0 Å². The topological polar surface area (TPSA) is 37.4 Å². The number of alkyl halides is 3. The maximum atomic E-state index is 12.9. The largest absolute Gasteiger partial charge is 0.416 e. The molecule has 0 aliphatic carbocycles. The van der Waals surface area contributed by atoms with Gasteiger partial charge in [0.15, 0.2) is 0 Å². The van der Waals surface area contributed by atoms with Crippen molar-refractivity contribution in [2.75, 3.05) is 4.90 Å². The second-order valence-electron chi connectivity index (χ2n) is 5.52. The summed E-state index contributed by atoms with van der Waals surface area (Å²) in [5, 5.41) is -0.624. The van der Waals surface area contributed by atoms with E-state index in [0.717, 1.165) is 38.8 Å². The fraction of sp³-hybridized carbons (Fsp3) is 0.111. The first-order valence-electron chi connectivity index (χ1n) is 7.39. The summed E-state index contributed by atoms with van der Waals surface area (Å²) in [6, 6.07) is 11.4. The lowest BCUT2D eigenvalue weighted by Gasteiger charge is -2.15. The number of carbonyl (C=O) groups is 2. The second-order valence-corrected chi connectivity index (χ2v) is 7.39. The Bertz CT molecular complexity index is 923. The van der Waals surface area contributed by atoms with Crippen LogP contribution < -0.4 is 4.90 Å². The van der Waals surface area contributed by atoms with Gasteiger partial charge in [0.25, 0.3) is 11.1 Å². The number of hydrogen-bond donors (Lipinski definition) is 0. The van der Waals surface area contributed by atoms with Crippen LogP contribution in [0.4, 0.5) is 23.7 Å². The summed E-state index contributed by atoms with van der Waals surface area (Å²) in [5.41, 5.74) is 0.335. The van der Waals surface area contributed by atoms with E-state index in [1.165, 1.54) is 12.1 Å². The molecule has 1 aliphatic heterocycles. The molecule has 26 heavy (non-hydrogen) atoms. The van der Waals surface area contributed by atoms with E-state index in [4.69, 9.17) is 0 Å². The van der Waals surface area contributed by atoms with Crippen LogP contribution in [-0.4, -0.2) is 11.1 Å². The first-order valence-corrected chi connectivity index (χ1v) is 9.00. The zero-order valence-corrected chi connectivity index (χ0v) is 15.7. The number of anilines is 1. The van der Waals surface area contributed by atoms with Crippen LogP contribution in [0, 0.1) is 0 Å². The molecular weight excluding hydrogens is 431 g/mol. The number of nitrogens with zero attached hydrogens (tertiary/aromatic N) is 1. The summed E-state index contributed by atoms with van der Waals surface area (Å²) in [5.74, 6) is -0.625. The standard InChI is InChI=1S/C18H11BrF3NO2S/c1-10(11-5-7-13(19)8-6-11)15-16(24)23(17(25)26-15)14-4-2-3-12(9-14)18(20,21)22/h2-9H,1H3/b15-10-. The molecule has 1 aliphatic rings. The third kappa shape index (κ3) is 3.57. The molecule has 0 saturated carbocycles. The number of hydrogen-bond acceptors (Lipinski definition) is 3. The molecule has 0 N–H and O–H groups in total. The molecule has 134 valence electrons. The lowest BCUT2D eigenvalue weighted by Crippen LogP contribution is -2.28. The zero-order chi connectivity index (χ0) is 19.1. The minimum Gasteiger partial charge on any atom is -0.268 e. The molecule has 2 aromatic carbocycles. The number of imide groups is 1. The van der Waals surface area contributed by atoms with Gasteiger partial charge in [-0.05, 0) is 60.2 Å².